The molecule has 3 nitrogen and oxygen atoms in total. The second kappa shape index (κ2) is 8.37. The van der Waals surface area contributed by atoms with Crippen molar-refractivity contribution in [2.75, 3.05) is 0 Å². The summed E-state index contributed by atoms with van der Waals surface area (Å²) in [4.78, 5) is 11.5. The summed E-state index contributed by atoms with van der Waals surface area (Å²) >= 11 is 0. The third kappa shape index (κ3) is 5.44. The number of carbonyl (C=O) groups is 1. The Morgan fingerprint density at radius 1 is 1.13 bits per heavy atom. The standard InChI is InChI=1S/C20H24O3/c1-3-4-7-16-9-11-17(12-10-16)14-19(20(21)22)23-18-8-5-6-15(2)13-18/h5-6,8-13,19H,3-4,7,14H2,1-2H3,(H,21,22). The second-order valence-electron chi connectivity index (χ2n) is 5.89. The summed E-state index contributed by atoms with van der Waals surface area (Å²) in [5.74, 6) is -0.349. The Balaban J connectivity index is 2.03. The Bertz CT molecular complexity index is 632. The summed E-state index contributed by atoms with van der Waals surface area (Å²) in [6, 6.07) is 15.6. The third-order valence-electron chi connectivity index (χ3n) is 3.81. The minimum absolute atomic E-state index is 0.358. The van der Waals surface area contributed by atoms with Crippen LogP contribution in [0.2, 0.25) is 0 Å². The average Bonchev–Trinajstić information content (AvgIpc) is 2.53. The topological polar surface area (TPSA) is 46.5 Å². The lowest BCUT2D eigenvalue weighted by Gasteiger charge is -2.16. The van der Waals surface area contributed by atoms with Crippen LogP contribution in [0, 0.1) is 6.92 Å². The van der Waals surface area contributed by atoms with E-state index in [4.69, 9.17) is 4.74 Å². The molecule has 0 bridgehead atoms. The minimum Gasteiger partial charge on any atom is -0.478 e. The molecule has 0 aliphatic carbocycles. The van der Waals surface area contributed by atoms with E-state index in [9.17, 15) is 9.90 Å². The number of benzene rings is 2. The van der Waals surface area contributed by atoms with Crippen molar-refractivity contribution in [3.8, 4) is 5.75 Å². The molecule has 0 aromatic heterocycles. The van der Waals surface area contributed by atoms with Crippen molar-refractivity contribution >= 4 is 5.97 Å². The number of hydrogen-bond donors (Lipinski definition) is 1. The number of carboxylic acids is 1. The van der Waals surface area contributed by atoms with Gasteiger partial charge in [-0.2, -0.15) is 0 Å². The van der Waals surface area contributed by atoms with Gasteiger partial charge in [-0.25, -0.2) is 4.79 Å². The maximum atomic E-state index is 11.5. The average molecular weight is 312 g/mol. The van der Waals surface area contributed by atoms with E-state index < -0.39 is 12.1 Å². The molecule has 1 N–H and O–H groups in total. The molecule has 122 valence electrons. The van der Waals surface area contributed by atoms with Crippen LogP contribution in [0.1, 0.15) is 36.5 Å². The molecule has 0 saturated heterocycles. The summed E-state index contributed by atoms with van der Waals surface area (Å²) in [7, 11) is 0. The van der Waals surface area contributed by atoms with Gasteiger partial charge in [0.25, 0.3) is 0 Å². The fourth-order valence-electron chi connectivity index (χ4n) is 2.47. The lowest BCUT2D eigenvalue weighted by atomic mass is 10.0. The van der Waals surface area contributed by atoms with Crippen LogP contribution < -0.4 is 4.74 Å². The van der Waals surface area contributed by atoms with Crippen molar-refractivity contribution in [1.82, 2.24) is 0 Å². The molecule has 0 aliphatic heterocycles. The summed E-state index contributed by atoms with van der Waals surface area (Å²) in [6.45, 7) is 4.13. The zero-order valence-electron chi connectivity index (χ0n) is 13.8. The van der Waals surface area contributed by atoms with E-state index in [1.54, 1.807) is 6.07 Å². The van der Waals surface area contributed by atoms with E-state index in [2.05, 4.69) is 19.1 Å². The SMILES string of the molecule is CCCCc1ccc(CC(Oc2cccc(C)c2)C(=O)O)cc1. The molecule has 0 radical (unpaired) electrons. The van der Waals surface area contributed by atoms with Crippen molar-refractivity contribution in [3.63, 3.8) is 0 Å². The highest BCUT2D eigenvalue weighted by Gasteiger charge is 2.20. The first-order chi connectivity index (χ1) is 11.1. The van der Waals surface area contributed by atoms with Gasteiger partial charge in [-0.15, -0.1) is 0 Å². The molecule has 2 aromatic rings. The zero-order valence-corrected chi connectivity index (χ0v) is 13.8. The highest BCUT2D eigenvalue weighted by Crippen LogP contribution is 2.17. The van der Waals surface area contributed by atoms with Crippen LogP contribution in [0.25, 0.3) is 0 Å². The van der Waals surface area contributed by atoms with Gasteiger partial charge in [0.2, 0.25) is 0 Å². The first-order valence-electron chi connectivity index (χ1n) is 8.12. The monoisotopic (exact) mass is 312 g/mol. The summed E-state index contributed by atoms with van der Waals surface area (Å²) < 4.78 is 5.66. The number of unbranched alkanes of at least 4 members (excludes halogenated alkanes) is 1. The molecule has 0 spiro atoms. The maximum Gasteiger partial charge on any atom is 0.345 e. The number of aliphatic carboxylic acids is 1. The molecule has 2 aromatic carbocycles. The van der Waals surface area contributed by atoms with Gasteiger partial charge in [0.05, 0.1) is 0 Å². The molecule has 0 saturated carbocycles. The van der Waals surface area contributed by atoms with Crippen molar-refractivity contribution < 1.29 is 14.6 Å². The van der Waals surface area contributed by atoms with Crippen LogP contribution in [0.4, 0.5) is 0 Å². The number of aryl methyl sites for hydroxylation is 2. The molecular formula is C20H24O3. The first-order valence-corrected chi connectivity index (χ1v) is 8.12. The second-order valence-corrected chi connectivity index (χ2v) is 5.89. The maximum absolute atomic E-state index is 11.5. The predicted molar refractivity (Wildman–Crippen MR) is 92.0 cm³/mol. The van der Waals surface area contributed by atoms with Gasteiger partial charge in [-0.05, 0) is 48.6 Å². The van der Waals surface area contributed by atoms with E-state index in [-0.39, 0.29) is 0 Å². The predicted octanol–water partition coefficient (Wildman–Crippen LogP) is 4.41. The molecule has 2 rings (SSSR count). The van der Waals surface area contributed by atoms with Crippen molar-refractivity contribution in [2.45, 2.75) is 45.6 Å². The Morgan fingerprint density at radius 2 is 1.83 bits per heavy atom. The Kier molecular flexibility index (Phi) is 6.21. The highest BCUT2D eigenvalue weighted by atomic mass is 16.5. The molecule has 3 heteroatoms. The zero-order chi connectivity index (χ0) is 16.7. The summed E-state index contributed by atoms with van der Waals surface area (Å²) in [5.41, 5.74) is 3.32. The number of carboxylic acid groups (broad SMARTS) is 1. The lowest BCUT2D eigenvalue weighted by molar-refractivity contribution is -0.145. The fourth-order valence-corrected chi connectivity index (χ4v) is 2.47. The van der Waals surface area contributed by atoms with E-state index >= 15 is 0 Å². The molecule has 0 amide bonds. The molecule has 1 unspecified atom stereocenters. The van der Waals surface area contributed by atoms with Gasteiger partial charge in [0.15, 0.2) is 6.10 Å². The van der Waals surface area contributed by atoms with Crippen LogP contribution in [0.5, 0.6) is 5.75 Å². The molecule has 0 fully saturated rings. The Morgan fingerprint density at radius 3 is 2.43 bits per heavy atom. The molecular weight excluding hydrogens is 288 g/mol. The van der Waals surface area contributed by atoms with Crippen LogP contribution in [-0.2, 0) is 17.6 Å². The van der Waals surface area contributed by atoms with Crippen LogP contribution in [0.15, 0.2) is 48.5 Å². The van der Waals surface area contributed by atoms with E-state index in [1.807, 2.05) is 37.3 Å². The number of ether oxygens (including phenoxy) is 1. The fraction of sp³-hybridized carbons (Fsp3) is 0.350. The molecule has 23 heavy (non-hydrogen) atoms. The summed E-state index contributed by atoms with van der Waals surface area (Å²) in [6.07, 6.45) is 2.90. The largest absolute Gasteiger partial charge is 0.478 e. The quantitative estimate of drug-likeness (QED) is 0.785. The van der Waals surface area contributed by atoms with E-state index in [1.165, 1.54) is 18.4 Å². The van der Waals surface area contributed by atoms with Gasteiger partial charge in [-0.1, -0.05) is 49.7 Å². The van der Waals surface area contributed by atoms with Gasteiger partial charge < -0.3 is 9.84 Å². The molecule has 0 aliphatic rings. The lowest BCUT2D eigenvalue weighted by Crippen LogP contribution is -2.29. The van der Waals surface area contributed by atoms with Gasteiger partial charge in [0, 0.05) is 6.42 Å². The first kappa shape index (κ1) is 17.1. The highest BCUT2D eigenvalue weighted by molar-refractivity contribution is 5.73. The Labute approximate surface area is 137 Å². The van der Waals surface area contributed by atoms with Crippen LogP contribution >= 0.6 is 0 Å². The van der Waals surface area contributed by atoms with Gasteiger partial charge >= 0.3 is 5.97 Å². The molecule has 0 heterocycles. The van der Waals surface area contributed by atoms with Crippen LogP contribution in [-0.4, -0.2) is 17.2 Å². The Hall–Kier alpha value is -2.29. The number of rotatable bonds is 8. The van der Waals surface area contributed by atoms with Gasteiger partial charge in [-0.3, -0.25) is 0 Å². The van der Waals surface area contributed by atoms with Crippen molar-refractivity contribution in [1.29, 1.82) is 0 Å². The minimum atomic E-state index is -0.943. The van der Waals surface area contributed by atoms with Gasteiger partial charge in [0.1, 0.15) is 5.75 Å². The van der Waals surface area contributed by atoms with Crippen LogP contribution in [0.3, 0.4) is 0 Å². The third-order valence-corrected chi connectivity index (χ3v) is 3.81. The van der Waals surface area contributed by atoms with Crippen molar-refractivity contribution in [3.05, 3.63) is 65.2 Å². The summed E-state index contributed by atoms with van der Waals surface area (Å²) in [5, 5.41) is 9.41. The molecule has 1 atom stereocenters. The normalized spacial score (nSPS) is 11.9. The van der Waals surface area contributed by atoms with E-state index in [0.29, 0.717) is 12.2 Å². The van der Waals surface area contributed by atoms with E-state index in [0.717, 1.165) is 17.5 Å². The van der Waals surface area contributed by atoms with Crippen molar-refractivity contribution in [2.24, 2.45) is 0 Å². The smallest absolute Gasteiger partial charge is 0.345 e. The number of hydrogen-bond acceptors (Lipinski definition) is 2.